The normalized spacial score (nSPS) is 12.0. The maximum absolute atomic E-state index is 13.0. The van der Waals surface area contributed by atoms with Crippen LogP contribution in [0, 0.1) is 5.82 Å². The molecule has 0 aliphatic rings. The Morgan fingerprint density at radius 3 is 2.77 bits per heavy atom. The van der Waals surface area contributed by atoms with Gasteiger partial charge in [-0.05, 0) is 54.1 Å². The Hall–Kier alpha value is -4.13. The lowest BCUT2D eigenvalue weighted by Crippen LogP contribution is -2.06. The SMILES string of the molecule is ON=c1cc(-c2cc3cccn3cn2)oc2ccc(OCCc3ccc(F)cc3)cc12. The fourth-order valence-corrected chi connectivity index (χ4v) is 3.46. The van der Waals surface area contributed by atoms with Crippen molar-refractivity contribution in [1.82, 2.24) is 9.38 Å². The van der Waals surface area contributed by atoms with Gasteiger partial charge in [0, 0.05) is 24.2 Å². The summed E-state index contributed by atoms with van der Waals surface area (Å²) >= 11 is 0. The number of hydrogen-bond acceptors (Lipinski definition) is 5. The van der Waals surface area contributed by atoms with E-state index in [1.807, 2.05) is 28.8 Å². The summed E-state index contributed by atoms with van der Waals surface area (Å²) in [6, 6.07) is 19.1. The fourth-order valence-electron chi connectivity index (χ4n) is 3.46. The number of benzene rings is 2. The van der Waals surface area contributed by atoms with Gasteiger partial charge in [0.1, 0.15) is 28.2 Å². The Kier molecular flexibility index (Phi) is 4.84. The molecule has 7 heteroatoms. The van der Waals surface area contributed by atoms with Gasteiger partial charge in [-0.25, -0.2) is 9.37 Å². The van der Waals surface area contributed by atoms with E-state index in [-0.39, 0.29) is 5.82 Å². The number of nitrogens with zero attached hydrogens (tertiary/aromatic N) is 3. The lowest BCUT2D eigenvalue weighted by atomic mass is 10.1. The van der Waals surface area contributed by atoms with Crippen LogP contribution in [0.3, 0.4) is 0 Å². The average molecular weight is 415 g/mol. The van der Waals surface area contributed by atoms with E-state index in [1.54, 1.807) is 42.7 Å². The molecule has 0 saturated carbocycles. The standard InChI is InChI=1S/C24H18FN3O3/c25-17-5-3-16(4-6-17)9-11-30-19-7-8-23-20(13-19)21(27-29)14-24(31-23)22-12-18-2-1-10-28(18)15-26-22/h1-8,10,12-15,29H,9,11H2. The van der Waals surface area contributed by atoms with E-state index in [0.717, 1.165) is 11.1 Å². The summed E-state index contributed by atoms with van der Waals surface area (Å²) in [7, 11) is 0. The third-order valence-corrected chi connectivity index (χ3v) is 5.07. The van der Waals surface area contributed by atoms with E-state index in [2.05, 4.69) is 10.1 Å². The van der Waals surface area contributed by atoms with E-state index in [9.17, 15) is 9.60 Å². The molecule has 6 nitrogen and oxygen atoms in total. The topological polar surface area (TPSA) is 72.3 Å². The van der Waals surface area contributed by atoms with Crippen molar-refractivity contribution in [3.63, 3.8) is 0 Å². The molecule has 0 saturated heterocycles. The Balaban J connectivity index is 1.42. The highest BCUT2D eigenvalue weighted by Gasteiger charge is 2.10. The molecule has 3 aromatic heterocycles. The fraction of sp³-hybridized carbons (Fsp3) is 0.0833. The van der Waals surface area contributed by atoms with Crippen molar-refractivity contribution in [3.05, 3.63) is 96.0 Å². The van der Waals surface area contributed by atoms with Crippen LogP contribution in [0.4, 0.5) is 4.39 Å². The maximum atomic E-state index is 13.0. The summed E-state index contributed by atoms with van der Waals surface area (Å²) in [5.41, 5.74) is 3.15. The van der Waals surface area contributed by atoms with E-state index in [0.29, 0.717) is 46.6 Å². The molecule has 0 bridgehead atoms. The Morgan fingerprint density at radius 2 is 1.94 bits per heavy atom. The van der Waals surface area contributed by atoms with Gasteiger partial charge >= 0.3 is 0 Å². The second-order valence-electron chi connectivity index (χ2n) is 7.09. The van der Waals surface area contributed by atoms with Crippen LogP contribution in [0.5, 0.6) is 5.75 Å². The highest BCUT2D eigenvalue weighted by atomic mass is 19.1. The summed E-state index contributed by atoms with van der Waals surface area (Å²) in [5, 5.41) is 14.0. The van der Waals surface area contributed by atoms with Crippen LogP contribution in [0.1, 0.15) is 5.56 Å². The van der Waals surface area contributed by atoms with E-state index in [1.165, 1.54) is 12.1 Å². The summed E-state index contributed by atoms with van der Waals surface area (Å²) in [5.74, 6) is 0.857. The van der Waals surface area contributed by atoms with Crippen molar-refractivity contribution in [2.45, 2.75) is 6.42 Å². The Morgan fingerprint density at radius 1 is 1.06 bits per heavy atom. The second-order valence-corrected chi connectivity index (χ2v) is 7.09. The van der Waals surface area contributed by atoms with Gasteiger partial charge in [-0.2, -0.15) is 0 Å². The predicted octanol–water partition coefficient (Wildman–Crippen LogP) is 4.80. The molecule has 0 aliphatic carbocycles. The molecular formula is C24H18FN3O3. The molecule has 0 atom stereocenters. The third-order valence-electron chi connectivity index (χ3n) is 5.07. The van der Waals surface area contributed by atoms with Crippen molar-refractivity contribution in [3.8, 4) is 17.2 Å². The number of halogens is 1. The second kappa shape index (κ2) is 7.95. The zero-order valence-electron chi connectivity index (χ0n) is 16.4. The van der Waals surface area contributed by atoms with Crippen LogP contribution >= 0.6 is 0 Å². The molecule has 2 aromatic carbocycles. The maximum Gasteiger partial charge on any atom is 0.155 e. The van der Waals surface area contributed by atoms with Crippen LogP contribution in [0.15, 0.2) is 88.8 Å². The lowest BCUT2D eigenvalue weighted by Gasteiger charge is -2.09. The number of ether oxygens (including phenoxy) is 1. The molecule has 0 spiro atoms. The Bertz CT molecular complexity index is 1440. The van der Waals surface area contributed by atoms with Crippen molar-refractivity contribution in [1.29, 1.82) is 0 Å². The van der Waals surface area contributed by atoms with Crippen molar-refractivity contribution < 1.29 is 18.8 Å². The van der Waals surface area contributed by atoms with Crippen LogP contribution in [0.2, 0.25) is 0 Å². The molecule has 0 fully saturated rings. The van der Waals surface area contributed by atoms with Gasteiger partial charge < -0.3 is 18.8 Å². The molecule has 31 heavy (non-hydrogen) atoms. The van der Waals surface area contributed by atoms with Crippen LogP contribution in [-0.2, 0) is 6.42 Å². The molecular weight excluding hydrogens is 397 g/mol. The smallest absolute Gasteiger partial charge is 0.155 e. The molecule has 1 N–H and O–H groups in total. The van der Waals surface area contributed by atoms with Crippen molar-refractivity contribution >= 4 is 16.5 Å². The summed E-state index contributed by atoms with van der Waals surface area (Å²) in [4.78, 5) is 4.42. The molecule has 0 unspecified atom stereocenters. The summed E-state index contributed by atoms with van der Waals surface area (Å²) in [6.07, 6.45) is 4.26. The minimum absolute atomic E-state index is 0.258. The number of hydrogen-bond donors (Lipinski definition) is 1. The molecule has 0 radical (unpaired) electrons. The van der Waals surface area contributed by atoms with Crippen LogP contribution in [0.25, 0.3) is 27.9 Å². The average Bonchev–Trinajstić information content (AvgIpc) is 3.27. The largest absolute Gasteiger partial charge is 0.493 e. The predicted molar refractivity (Wildman–Crippen MR) is 113 cm³/mol. The number of fused-ring (bicyclic) bond motifs is 2. The van der Waals surface area contributed by atoms with Crippen LogP contribution in [-0.4, -0.2) is 21.2 Å². The lowest BCUT2D eigenvalue weighted by molar-refractivity contribution is 0.302. The van der Waals surface area contributed by atoms with E-state index >= 15 is 0 Å². The third kappa shape index (κ3) is 3.85. The van der Waals surface area contributed by atoms with E-state index < -0.39 is 0 Å². The van der Waals surface area contributed by atoms with Crippen LogP contribution < -0.4 is 10.1 Å². The molecule has 3 heterocycles. The number of rotatable bonds is 5. The minimum Gasteiger partial charge on any atom is -0.493 e. The Labute approximate surface area is 176 Å². The van der Waals surface area contributed by atoms with Gasteiger partial charge in [0.05, 0.1) is 18.3 Å². The van der Waals surface area contributed by atoms with Crippen molar-refractivity contribution in [2.24, 2.45) is 5.16 Å². The molecule has 5 aromatic rings. The summed E-state index contributed by atoms with van der Waals surface area (Å²) in [6.45, 7) is 0.430. The molecule has 154 valence electrons. The molecule has 0 amide bonds. The summed E-state index contributed by atoms with van der Waals surface area (Å²) < 4.78 is 26.8. The van der Waals surface area contributed by atoms with Gasteiger partial charge in [0.2, 0.25) is 0 Å². The monoisotopic (exact) mass is 415 g/mol. The first kappa shape index (κ1) is 18.9. The van der Waals surface area contributed by atoms with Crippen molar-refractivity contribution in [2.75, 3.05) is 6.61 Å². The quantitative estimate of drug-likeness (QED) is 0.331. The zero-order chi connectivity index (χ0) is 21.2. The molecule has 0 aliphatic heterocycles. The minimum atomic E-state index is -0.258. The highest BCUT2D eigenvalue weighted by Crippen LogP contribution is 2.24. The van der Waals surface area contributed by atoms with Gasteiger partial charge in [-0.15, -0.1) is 0 Å². The van der Waals surface area contributed by atoms with Gasteiger partial charge in [0.15, 0.2) is 5.76 Å². The van der Waals surface area contributed by atoms with E-state index in [4.69, 9.17) is 9.15 Å². The highest BCUT2D eigenvalue weighted by molar-refractivity contribution is 5.80. The van der Waals surface area contributed by atoms with Gasteiger partial charge in [-0.3, -0.25) is 0 Å². The number of aromatic nitrogens is 2. The van der Waals surface area contributed by atoms with Gasteiger partial charge in [0.25, 0.3) is 0 Å². The first-order chi connectivity index (χ1) is 15.2. The first-order valence-electron chi connectivity index (χ1n) is 9.76. The first-order valence-corrected chi connectivity index (χ1v) is 9.76. The van der Waals surface area contributed by atoms with Gasteiger partial charge in [-0.1, -0.05) is 17.3 Å². The zero-order valence-corrected chi connectivity index (χ0v) is 16.4. The molecule has 5 rings (SSSR count).